The van der Waals surface area contributed by atoms with Crippen molar-refractivity contribution >= 4 is 15.9 Å². The van der Waals surface area contributed by atoms with Gasteiger partial charge in [0.25, 0.3) is 0 Å². The number of carbonyl (C=O) groups excluding carboxylic acids is 1. The van der Waals surface area contributed by atoms with Gasteiger partial charge >= 0.3 is 6.09 Å². The molecule has 3 fully saturated rings. The number of piperidine rings is 1. The maximum atomic E-state index is 12.2. The molecule has 29 heavy (non-hydrogen) atoms. The molecule has 160 valence electrons. The summed E-state index contributed by atoms with van der Waals surface area (Å²) in [7, 11) is -3.15. The van der Waals surface area contributed by atoms with Crippen molar-refractivity contribution in [3.8, 4) is 0 Å². The summed E-state index contributed by atoms with van der Waals surface area (Å²) in [5, 5.41) is 0. The number of ether oxygens (including phenoxy) is 2. The largest absolute Gasteiger partial charge is 0.443 e. The quantitative estimate of drug-likeness (QED) is 0.672. The van der Waals surface area contributed by atoms with Crippen molar-refractivity contribution in [2.45, 2.75) is 56.1 Å². The highest BCUT2D eigenvalue weighted by Gasteiger charge is 2.45. The van der Waals surface area contributed by atoms with E-state index >= 15 is 0 Å². The van der Waals surface area contributed by atoms with Gasteiger partial charge in [-0.1, -0.05) is 12.1 Å². The van der Waals surface area contributed by atoms with Crippen LogP contribution in [0, 0.1) is 17.8 Å². The number of hydrogen-bond acceptors (Lipinski definition) is 5. The second-order valence-corrected chi connectivity index (χ2v) is 11.2. The summed E-state index contributed by atoms with van der Waals surface area (Å²) in [6.07, 6.45) is 6.37. The van der Waals surface area contributed by atoms with Crippen LogP contribution in [0.25, 0.3) is 0 Å². The molecule has 1 aromatic carbocycles. The van der Waals surface area contributed by atoms with Crippen molar-refractivity contribution < 1.29 is 22.7 Å². The normalized spacial score (nSPS) is 26.2. The van der Waals surface area contributed by atoms with Gasteiger partial charge in [0, 0.05) is 19.3 Å². The summed E-state index contributed by atoms with van der Waals surface area (Å²) in [5.41, 5.74) is 0.795. The molecule has 6 nitrogen and oxygen atoms in total. The molecular weight excluding hydrogens is 390 g/mol. The van der Waals surface area contributed by atoms with Gasteiger partial charge in [-0.2, -0.15) is 0 Å². The zero-order chi connectivity index (χ0) is 20.6. The van der Waals surface area contributed by atoms with Crippen molar-refractivity contribution in [2.24, 2.45) is 17.8 Å². The zero-order valence-electron chi connectivity index (χ0n) is 17.3. The van der Waals surface area contributed by atoms with Crippen LogP contribution in [0.2, 0.25) is 0 Å². The first-order valence-electron chi connectivity index (χ1n) is 10.6. The number of benzene rings is 1. The molecule has 2 aliphatic carbocycles. The van der Waals surface area contributed by atoms with Gasteiger partial charge in [0.05, 0.1) is 18.1 Å². The minimum absolute atomic E-state index is 0.138. The van der Waals surface area contributed by atoms with E-state index in [-0.39, 0.29) is 11.7 Å². The Balaban J connectivity index is 1.14. The fraction of sp³-hybridized carbons (Fsp3) is 0.682. The Morgan fingerprint density at radius 3 is 2.41 bits per heavy atom. The first-order chi connectivity index (χ1) is 13.7. The van der Waals surface area contributed by atoms with Crippen LogP contribution in [0.1, 0.15) is 44.6 Å². The van der Waals surface area contributed by atoms with Crippen molar-refractivity contribution in [1.29, 1.82) is 0 Å². The molecule has 7 heteroatoms. The number of hydrogen-bond donors (Lipinski definition) is 0. The SMILES string of the molecule is CC1(OC(=O)N2CCC(C3C[C@H]3COCc3ccc(S(C)(=O)=O)cc3)CC2)CC1. The number of nitrogens with zero attached hydrogens (tertiary/aromatic N) is 1. The van der Waals surface area contributed by atoms with E-state index in [1.807, 2.05) is 24.0 Å². The molecule has 2 saturated carbocycles. The lowest BCUT2D eigenvalue weighted by molar-refractivity contribution is 0.0463. The van der Waals surface area contributed by atoms with E-state index in [9.17, 15) is 13.2 Å². The predicted octanol–water partition coefficient (Wildman–Crippen LogP) is 3.64. The van der Waals surface area contributed by atoms with Crippen LogP contribution in [0.5, 0.6) is 0 Å². The minimum Gasteiger partial charge on any atom is -0.443 e. The molecule has 4 rings (SSSR count). The van der Waals surface area contributed by atoms with E-state index < -0.39 is 9.84 Å². The van der Waals surface area contributed by atoms with Crippen LogP contribution < -0.4 is 0 Å². The number of rotatable bonds is 7. The molecule has 0 N–H and O–H groups in total. The van der Waals surface area contributed by atoms with Crippen molar-refractivity contribution in [2.75, 3.05) is 26.0 Å². The molecule has 1 unspecified atom stereocenters. The minimum atomic E-state index is -3.15. The van der Waals surface area contributed by atoms with Gasteiger partial charge in [-0.05, 0) is 74.5 Å². The summed E-state index contributed by atoms with van der Waals surface area (Å²) < 4.78 is 34.5. The highest BCUT2D eigenvalue weighted by molar-refractivity contribution is 7.90. The maximum absolute atomic E-state index is 12.2. The van der Waals surface area contributed by atoms with Gasteiger partial charge in [-0.15, -0.1) is 0 Å². The van der Waals surface area contributed by atoms with Crippen LogP contribution in [-0.2, 0) is 25.9 Å². The molecular formula is C22H31NO5S. The molecule has 0 bridgehead atoms. The topological polar surface area (TPSA) is 72.9 Å². The Hall–Kier alpha value is -1.60. The lowest BCUT2D eigenvalue weighted by atomic mass is 9.91. The molecule has 3 aliphatic rings. The molecule has 0 radical (unpaired) electrons. The fourth-order valence-corrected chi connectivity index (χ4v) is 4.90. The Labute approximate surface area is 173 Å². The van der Waals surface area contributed by atoms with Crippen LogP contribution in [0.4, 0.5) is 4.79 Å². The monoisotopic (exact) mass is 421 g/mol. The van der Waals surface area contributed by atoms with Crippen LogP contribution in [0.3, 0.4) is 0 Å². The van der Waals surface area contributed by atoms with Crippen molar-refractivity contribution in [3.63, 3.8) is 0 Å². The van der Waals surface area contributed by atoms with Gasteiger partial charge in [0.1, 0.15) is 5.60 Å². The van der Waals surface area contributed by atoms with E-state index in [1.165, 1.54) is 12.7 Å². The Bertz CT molecular complexity index is 838. The third kappa shape index (κ3) is 5.31. The van der Waals surface area contributed by atoms with Crippen LogP contribution in [0.15, 0.2) is 29.2 Å². The molecule has 1 amide bonds. The Morgan fingerprint density at radius 1 is 1.17 bits per heavy atom. The number of carbonyl (C=O) groups is 1. The van der Waals surface area contributed by atoms with Crippen LogP contribution >= 0.6 is 0 Å². The van der Waals surface area contributed by atoms with Gasteiger partial charge in [0.2, 0.25) is 0 Å². The van der Waals surface area contributed by atoms with Crippen LogP contribution in [-0.4, -0.2) is 51.0 Å². The first kappa shape index (κ1) is 20.7. The predicted molar refractivity (Wildman–Crippen MR) is 109 cm³/mol. The summed E-state index contributed by atoms with van der Waals surface area (Å²) in [5.74, 6) is 2.00. The van der Waals surface area contributed by atoms with Crippen molar-refractivity contribution in [3.05, 3.63) is 29.8 Å². The summed E-state index contributed by atoms with van der Waals surface area (Å²) >= 11 is 0. The highest BCUT2D eigenvalue weighted by Crippen LogP contribution is 2.48. The standard InChI is InChI=1S/C22H31NO5S/c1-22(9-10-22)28-21(24)23-11-7-17(8-12-23)20-13-18(20)15-27-14-16-3-5-19(6-4-16)29(2,25)26/h3-6,17-18,20H,7-15H2,1-2H3/t18-,20?/m0/s1. The lowest BCUT2D eigenvalue weighted by Crippen LogP contribution is -2.40. The number of likely N-dealkylation sites (tertiary alicyclic amines) is 1. The average molecular weight is 422 g/mol. The van der Waals surface area contributed by atoms with Gasteiger partial charge in [-0.3, -0.25) is 0 Å². The molecule has 1 saturated heterocycles. The molecule has 1 heterocycles. The van der Waals surface area contributed by atoms with E-state index in [2.05, 4.69) is 0 Å². The number of amides is 1. The number of sulfone groups is 1. The third-order valence-electron chi connectivity index (χ3n) is 6.62. The van der Waals surface area contributed by atoms with Gasteiger partial charge in [0.15, 0.2) is 9.84 Å². The van der Waals surface area contributed by atoms with E-state index in [0.717, 1.165) is 50.9 Å². The molecule has 0 aromatic heterocycles. The van der Waals surface area contributed by atoms with E-state index in [1.54, 1.807) is 12.1 Å². The molecule has 1 aromatic rings. The fourth-order valence-electron chi connectivity index (χ4n) is 4.26. The zero-order valence-corrected chi connectivity index (χ0v) is 18.1. The molecule has 2 atom stereocenters. The van der Waals surface area contributed by atoms with E-state index in [4.69, 9.17) is 9.47 Å². The summed E-state index contributed by atoms with van der Waals surface area (Å²) in [6, 6.07) is 6.90. The molecule has 0 spiro atoms. The lowest BCUT2D eigenvalue weighted by Gasteiger charge is -2.32. The second kappa shape index (κ2) is 7.91. The average Bonchev–Trinajstić information content (AvgIpc) is 3.60. The van der Waals surface area contributed by atoms with E-state index in [0.29, 0.717) is 29.3 Å². The Morgan fingerprint density at radius 2 is 1.83 bits per heavy atom. The van der Waals surface area contributed by atoms with Gasteiger partial charge < -0.3 is 14.4 Å². The maximum Gasteiger partial charge on any atom is 0.410 e. The van der Waals surface area contributed by atoms with Gasteiger partial charge in [-0.25, -0.2) is 13.2 Å². The first-order valence-corrected chi connectivity index (χ1v) is 12.5. The van der Waals surface area contributed by atoms with Crippen molar-refractivity contribution in [1.82, 2.24) is 4.90 Å². The Kier molecular flexibility index (Phi) is 5.64. The second-order valence-electron chi connectivity index (χ2n) is 9.23. The summed E-state index contributed by atoms with van der Waals surface area (Å²) in [6.45, 7) is 4.87. The smallest absolute Gasteiger partial charge is 0.410 e. The summed E-state index contributed by atoms with van der Waals surface area (Å²) in [4.78, 5) is 14.4. The highest BCUT2D eigenvalue weighted by atomic mass is 32.2. The third-order valence-corrected chi connectivity index (χ3v) is 7.75. The molecule has 1 aliphatic heterocycles.